The summed E-state index contributed by atoms with van der Waals surface area (Å²) >= 11 is 0. The lowest BCUT2D eigenvalue weighted by molar-refractivity contribution is -0.137. The van der Waals surface area contributed by atoms with Gasteiger partial charge in [-0.2, -0.15) is 0 Å². The summed E-state index contributed by atoms with van der Waals surface area (Å²) in [7, 11) is -3.23. The lowest BCUT2D eigenvalue weighted by Gasteiger charge is -2.24. The van der Waals surface area contributed by atoms with E-state index in [0.717, 1.165) is 0 Å². The number of ether oxygens (including phenoxy) is 1. The van der Waals surface area contributed by atoms with Crippen LogP contribution in [0.25, 0.3) is 6.08 Å². The zero-order chi connectivity index (χ0) is 23.4. The highest BCUT2D eigenvalue weighted by Gasteiger charge is 2.24. The van der Waals surface area contributed by atoms with Crippen LogP contribution in [0.4, 0.5) is 10.1 Å². The molecule has 166 valence electrons. The van der Waals surface area contributed by atoms with Gasteiger partial charge in [-0.15, -0.1) is 0 Å². The minimum atomic E-state index is -1.62. The normalized spacial score (nSPS) is 12.1. The number of esters is 1. The van der Waals surface area contributed by atoms with Crippen molar-refractivity contribution in [2.75, 3.05) is 11.9 Å². The molecule has 0 spiro atoms. The Morgan fingerprint density at radius 2 is 1.55 bits per heavy atom. The predicted octanol–water partition coefficient (Wildman–Crippen LogP) is 4.74. The number of rotatable bonds is 7. The van der Waals surface area contributed by atoms with Gasteiger partial charge in [-0.05, 0) is 31.2 Å². The molecule has 2 rings (SSSR count). The number of amides is 1. The third kappa shape index (κ3) is 7.00. The van der Waals surface area contributed by atoms with Crippen LogP contribution < -0.4 is 15.7 Å². The molecule has 2 aromatic carbocycles. The van der Waals surface area contributed by atoms with Crippen molar-refractivity contribution in [1.29, 1.82) is 0 Å². The van der Waals surface area contributed by atoms with Crippen LogP contribution in [0.5, 0.6) is 0 Å². The van der Waals surface area contributed by atoms with Crippen molar-refractivity contribution in [2.24, 2.45) is 0 Å². The summed E-state index contributed by atoms with van der Waals surface area (Å²) in [5.74, 6) is -1.31. The van der Waals surface area contributed by atoms with E-state index in [1.807, 2.05) is 12.1 Å². The summed E-state index contributed by atoms with van der Waals surface area (Å²) in [6, 6.07) is 10.6. The fourth-order valence-corrected chi connectivity index (χ4v) is 5.41. The number of halogens is 1. The van der Waals surface area contributed by atoms with Gasteiger partial charge in [-0.25, -0.2) is 9.18 Å². The molecule has 0 radical (unpaired) electrons. The van der Waals surface area contributed by atoms with E-state index in [0.29, 0.717) is 11.3 Å². The Balaban J connectivity index is 2.29. The van der Waals surface area contributed by atoms with Crippen molar-refractivity contribution in [3.8, 4) is 0 Å². The van der Waals surface area contributed by atoms with Crippen molar-refractivity contribution in [3.63, 3.8) is 0 Å². The highest BCUT2D eigenvalue weighted by atomic mass is 28.3. The maximum Gasteiger partial charge on any atom is 0.330 e. The van der Waals surface area contributed by atoms with Gasteiger partial charge >= 0.3 is 5.97 Å². The van der Waals surface area contributed by atoms with Gasteiger partial charge in [-0.3, -0.25) is 4.79 Å². The van der Waals surface area contributed by atoms with Crippen LogP contribution in [0.3, 0.4) is 0 Å². The minimum Gasteiger partial charge on any atom is -0.463 e. The van der Waals surface area contributed by atoms with E-state index in [1.54, 1.807) is 13.0 Å². The summed E-state index contributed by atoms with van der Waals surface area (Å²) in [6.45, 7) is 15.5. The second-order valence-corrected chi connectivity index (χ2v) is 19.7. The van der Waals surface area contributed by atoms with Gasteiger partial charge in [0.1, 0.15) is 5.82 Å². The first-order valence-corrected chi connectivity index (χ1v) is 17.4. The molecule has 1 N–H and O–H groups in total. The van der Waals surface area contributed by atoms with Gasteiger partial charge in [0, 0.05) is 22.9 Å². The number of carbonyl (C=O) groups excluding carboxylic acids is 2. The quantitative estimate of drug-likeness (QED) is 0.371. The van der Waals surface area contributed by atoms with Crippen molar-refractivity contribution in [3.05, 3.63) is 59.4 Å². The van der Waals surface area contributed by atoms with Crippen molar-refractivity contribution in [2.45, 2.75) is 46.2 Å². The second-order valence-electron chi connectivity index (χ2n) is 9.57. The van der Waals surface area contributed by atoms with Gasteiger partial charge in [0.2, 0.25) is 0 Å². The molecule has 0 aromatic heterocycles. The Labute approximate surface area is 186 Å². The molecule has 0 saturated heterocycles. The molecule has 7 heteroatoms. The molecule has 31 heavy (non-hydrogen) atoms. The van der Waals surface area contributed by atoms with E-state index >= 15 is 0 Å². The third-order valence-electron chi connectivity index (χ3n) is 4.87. The zero-order valence-corrected chi connectivity index (χ0v) is 21.4. The van der Waals surface area contributed by atoms with Crippen LogP contribution in [0.2, 0.25) is 39.3 Å². The van der Waals surface area contributed by atoms with Crippen LogP contribution in [0.15, 0.2) is 42.5 Å². The number of hydrogen-bond donors (Lipinski definition) is 1. The molecule has 0 aliphatic heterocycles. The monoisotopic (exact) mass is 457 g/mol. The highest BCUT2D eigenvalue weighted by Crippen LogP contribution is 2.17. The smallest absolute Gasteiger partial charge is 0.330 e. The molecule has 4 nitrogen and oxygen atoms in total. The van der Waals surface area contributed by atoms with Crippen molar-refractivity contribution >= 4 is 50.2 Å². The third-order valence-corrected chi connectivity index (χ3v) is 8.91. The van der Waals surface area contributed by atoms with Gasteiger partial charge < -0.3 is 10.1 Å². The maximum absolute atomic E-state index is 14.4. The summed E-state index contributed by atoms with van der Waals surface area (Å²) in [5.41, 5.74) is 1.21. The molecular formula is C24H32FNO3Si2. The molecule has 0 aliphatic rings. The Morgan fingerprint density at radius 3 is 2.03 bits per heavy atom. The first-order chi connectivity index (χ1) is 14.3. The minimum absolute atomic E-state index is 0.243. The summed E-state index contributed by atoms with van der Waals surface area (Å²) in [6.07, 6.45) is 2.54. The first-order valence-electron chi connectivity index (χ1n) is 10.4. The standard InChI is InChI=1S/C24H32FNO3Si2/c1-8-29-23(27)12-10-17-9-11-19(15-22(17)25)26-24(28)18-13-20(30(2,3)4)16-21(14-18)31(5,6)7/h9-16H,8H2,1-7H3,(H,26,28)/b12-10+. The fraction of sp³-hybridized carbons (Fsp3) is 0.333. The summed E-state index contributed by atoms with van der Waals surface area (Å²) in [5, 5.41) is 5.28. The summed E-state index contributed by atoms with van der Waals surface area (Å²) < 4.78 is 19.2. The Morgan fingerprint density at radius 1 is 0.968 bits per heavy atom. The molecule has 0 aliphatic carbocycles. The molecular weight excluding hydrogens is 425 g/mol. The maximum atomic E-state index is 14.4. The first kappa shape index (κ1) is 24.8. The van der Waals surface area contributed by atoms with Crippen molar-refractivity contribution in [1.82, 2.24) is 0 Å². The van der Waals surface area contributed by atoms with Gasteiger partial charge in [0.15, 0.2) is 0 Å². The SMILES string of the molecule is CCOC(=O)/C=C/c1ccc(NC(=O)c2cc([Si](C)(C)C)cc([Si](C)(C)C)c2)cc1F. The zero-order valence-electron chi connectivity index (χ0n) is 19.4. The number of anilines is 1. The van der Waals surface area contributed by atoms with Crippen LogP contribution in [-0.4, -0.2) is 34.6 Å². The van der Waals surface area contributed by atoms with Gasteiger partial charge in [0.05, 0.1) is 22.8 Å². The number of nitrogens with one attached hydrogen (secondary N) is 1. The molecule has 0 fully saturated rings. The van der Waals surface area contributed by atoms with E-state index in [1.165, 1.54) is 34.7 Å². The average Bonchev–Trinajstić information content (AvgIpc) is 2.66. The number of hydrogen-bond acceptors (Lipinski definition) is 3. The molecule has 0 saturated carbocycles. The fourth-order valence-electron chi connectivity index (χ4n) is 2.92. The van der Waals surface area contributed by atoms with Crippen LogP contribution in [-0.2, 0) is 9.53 Å². The Kier molecular flexibility index (Phi) is 7.78. The molecule has 0 unspecified atom stereocenters. The lowest BCUT2D eigenvalue weighted by atomic mass is 10.1. The Bertz CT molecular complexity index is 973. The topological polar surface area (TPSA) is 55.4 Å². The number of benzene rings is 2. The molecule has 0 bridgehead atoms. The Hall–Kier alpha value is -2.52. The van der Waals surface area contributed by atoms with Crippen LogP contribution >= 0.6 is 0 Å². The van der Waals surface area contributed by atoms with Crippen LogP contribution in [0.1, 0.15) is 22.8 Å². The predicted molar refractivity (Wildman–Crippen MR) is 132 cm³/mol. The van der Waals surface area contributed by atoms with Crippen molar-refractivity contribution < 1.29 is 18.7 Å². The van der Waals surface area contributed by atoms with Gasteiger partial charge in [0.25, 0.3) is 5.91 Å². The van der Waals surface area contributed by atoms with E-state index in [9.17, 15) is 14.0 Å². The molecule has 1 amide bonds. The van der Waals surface area contributed by atoms with E-state index in [-0.39, 0.29) is 18.1 Å². The van der Waals surface area contributed by atoms with Gasteiger partial charge in [-0.1, -0.05) is 67.9 Å². The summed E-state index contributed by atoms with van der Waals surface area (Å²) in [4.78, 5) is 24.4. The van der Waals surface area contributed by atoms with E-state index in [4.69, 9.17) is 4.74 Å². The van der Waals surface area contributed by atoms with E-state index < -0.39 is 27.9 Å². The lowest BCUT2D eigenvalue weighted by Crippen LogP contribution is -2.46. The average molecular weight is 458 g/mol. The van der Waals surface area contributed by atoms with E-state index in [2.05, 4.69) is 50.7 Å². The molecule has 0 heterocycles. The molecule has 0 atom stereocenters. The second kappa shape index (κ2) is 9.74. The number of carbonyl (C=O) groups is 2. The molecule has 2 aromatic rings. The largest absolute Gasteiger partial charge is 0.463 e. The highest BCUT2D eigenvalue weighted by molar-refractivity contribution is 6.91. The van der Waals surface area contributed by atoms with Crippen LogP contribution in [0, 0.1) is 5.82 Å².